The predicted octanol–water partition coefficient (Wildman–Crippen LogP) is 3.42. The SMILES string of the molecule is CCC(C)CCCOCCN(C)CC(C)C. The molecule has 1 atom stereocenters. The minimum Gasteiger partial charge on any atom is -0.380 e. The monoisotopic (exact) mass is 229 g/mol. The highest BCUT2D eigenvalue weighted by Gasteiger charge is 2.01. The second-order valence-corrected chi connectivity index (χ2v) is 5.42. The molecule has 0 aliphatic rings. The molecule has 0 heterocycles. The van der Waals surface area contributed by atoms with Crippen molar-refractivity contribution < 1.29 is 4.74 Å². The van der Waals surface area contributed by atoms with Crippen LogP contribution in [-0.4, -0.2) is 38.3 Å². The van der Waals surface area contributed by atoms with Crippen molar-refractivity contribution in [2.24, 2.45) is 11.8 Å². The number of nitrogens with zero attached hydrogens (tertiary/aromatic N) is 1. The first-order valence-corrected chi connectivity index (χ1v) is 6.82. The molecule has 2 heteroatoms. The first kappa shape index (κ1) is 15.9. The summed E-state index contributed by atoms with van der Waals surface area (Å²) >= 11 is 0. The van der Waals surface area contributed by atoms with E-state index in [1.165, 1.54) is 19.3 Å². The Morgan fingerprint density at radius 3 is 2.38 bits per heavy atom. The van der Waals surface area contributed by atoms with E-state index in [1.54, 1.807) is 0 Å². The fourth-order valence-corrected chi connectivity index (χ4v) is 1.78. The average Bonchev–Trinajstić information content (AvgIpc) is 2.21. The van der Waals surface area contributed by atoms with Gasteiger partial charge in [-0.05, 0) is 31.7 Å². The van der Waals surface area contributed by atoms with Crippen molar-refractivity contribution in [3.8, 4) is 0 Å². The molecule has 0 fully saturated rings. The molecule has 0 amide bonds. The molecule has 0 saturated heterocycles. The second-order valence-electron chi connectivity index (χ2n) is 5.42. The fourth-order valence-electron chi connectivity index (χ4n) is 1.78. The zero-order valence-corrected chi connectivity index (χ0v) is 12.0. The van der Waals surface area contributed by atoms with Crippen LogP contribution in [0.15, 0.2) is 0 Å². The molecule has 0 bridgehead atoms. The maximum Gasteiger partial charge on any atom is 0.0593 e. The maximum absolute atomic E-state index is 5.64. The molecule has 0 aliphatic carbocycles. The van der Waals surface area contributed by atoms with Crippen LogP contribution in [0, 0.1) is 11.8 Å². The Kier molecular flexibility index (Phi) is 10.0. The highest BCUT2D eigenvalue weighted by Crippen LogP contribution is 2.08. The molecule has 0 spiro atoms. The van der Waals surface area contributed by atoms with Crippen LogP contribution in [0.1, 0.15) is 47.0 Å². The smallest absolute Gasteiger partial charge is 0.0593 e. The highest BCUT2D eigenvalue weighted by atomic mass is 16.5. The molecule has 2 nitrogen and oxygen atoms in total. The normalized spacial score (nSPS) is 13.7. The van der Waals surface area contributed by atoms with E-state index < -0.39 is 0 Å². The molecular weight excluding hydrogens is 198 g/mol. The van der Waals surface area contributed by atoms with Crippen LogP contribution < -0.4 is 0 Å². The van der Waals surface area contributed by atoms with Crippen LogP contribution in [0.3, 0.4) is 0 Å². The third kappa shape index (κ3) is 10.4. The summed E-state index contributed by atoms with van der Waals surface area (Å²) in [6.45, 7) is 13.1. The Balaban J connectivity index is 3.20. The first-order valence-electron chi connectivity index (χ1n) is 6.82. The quantitative estimate of drug-likeness (QED) is 0.532. The largest absolute Gasteiger partial charge is 0.380 e. The summed E-state index contributed by atoms with van der Waals surface area (Å²) in [7, 11) is 2.17. The van der Waals surface area contributed by atoms with Gasteiger partial charge in [-0.15, -0.1) is 0 Å². The molecule has 0 saturated carbocycles. The Bertz CT molecular complexity index is 148. The number of ether oxygens (including phenoxy) is 1. The van der Waals surface area contributed by atoms with E-state index in [1.807, 2.05) is 0 Å². The van der Waals surface area contributed by atoms with E-state index in [2.05, 4.69) is 39.6 Å². The molecule has 16 heavy (non-hydrogen) atoms. The standard InChI is InChI=1S/C14H31NO/c1-6-14(4)8-7-10-16-11-9-15(5)12-13(2)3/h13-14H,6-12H2,1-5H3. The minimum absolute atomic E-state index is 0.746. The molecule has 0 radical (unpaired) electrons. The molecule has 1 unspecified atom stereocenters. The van der Waals surface area contributed by atoms with Gasteiger partial charge in [-0.3, -0.25) is 0 Å². The van der Waals surface area contributed by atoms with Crippen molar-refractivity contribution in [1.82, 2.24) is 4.90 Å². The van der Waals surface area contributed by atoms with Crippen molar-refractivity contribution in [2.45, 2.75) is 47.0 Å². The summed E-state index contributed by atoms with van der Waals surface area (Å²) in [6, 6.07) is 0. The Morgan fingerprint density at radius 2 is 1.81 bits per heavy atom. The number of hydrogen-bond acceptors (Lipinski definition) is 2. The summed E-state index contributed by atoms with van der Waals surface area (Å²) in [5.74, 6) is 1.60. The van der Waals surface area contributed by atoms with E-state index in [4.69, 9.17) is 4.74 Å². The lowest BCUT2D eigenvalue weighted by molar-refractivity contribution is 0.103. The lowest BCUT2D eigenvalue weighted by Crippen LogP contribution is -2.27. The van der Waals surface area contributed by atoms with E-state index >= 15 is 0 Å². The lowest BCUT2D eigenvalue weighted by atomic mass is 10.0. The molecule has 0 aromatic carbocycles. The second kappa shape index (κ2) is 10.1. The van der Waals surface area contributed by atoms with Crippen molar-refractivity contribution in [1.29, 1.82) is 0 Å². The van der Waals surface area contributed by atoms with Crippen molar-refractivity contribution >= 4 is 0 Å². The predicted molar refractivity (Wildman–Crippen MR) is 71.8 cm³/mol. The Morgan fingerprint density at radius 1 is 1.12 bits per heavy atom. The van der Waals surface area contributed by atoms with Crippen LogP contribution in [0.5, 0.6) is 0 Å². The van der Waals surface area contributed by atoms with E-state index in [0.717, 1.165) is 38.1 Å². The fraction of sp³-hybridized carbons (Fsp3) is 1.00. The van der Waals surface area contributed by atoms with E-state index in [9.17, 15) is 0 Å². The van der Waals surface area contributed by atoms with Crippen LogP contribution in [0.2, 0.25) is 0 Å². The summed E-state index contributed by atoms with van der Waals surface area (Å²) in [5, 5.41) is 0. The van der Waals surface area contributed by atoms with Crippen LogP contribution in [0.4, 0.5) is 0 Å². The van der Waals surface area contributed by atoms with E-state index in [-0.39, 0.29) is 0 Å². The van der Waals surface area contributed by atoms with Gasteiger partial charge in [0.1, 0.15) is 0 Å². The highest BCUT2D eigenvalue weighted by molar-refractivity contribution is 4.54. The van der Waals surface area contributed by atoms with Gasteiger partial charge >= 0.3 is 0 Å². The van der Waals surface area contributed by atoms with Gasteiger partial charge in [0.15, 0.2) is 0 Å². The molecule has 0 aromatic heterocycles. The number of rotatable bonds is 10. The van der Waals surface area contributed by atoms with Gasteiger partial charge in [0, 0.05) is 19.7 Å². The molecule has 0 aromatic rings. The zero-order chi connectivity index (χ0) is 12.4. The summed E-state index contributed by atoms with van der Waals surface area (Å²) < 4.78 is 5.64. The Labute approximate surface area is 102 Å². The maximum atomic E-state index is 5.64. The van der Waals surface area contributed by atoms with Gasteiger partial charge in [-0.25, -0.2) is 0 Å². The first-order chi connectivity index (χ1) is 7.56. The third-order valence-corrected chi connectivity index (χ3v) is 2.98. The summed E-state index contributed by atoms with van der Waals surface area (Å²) in [5.41, 5.74) is 0. The molecule has 0 aliphatic heterocycles. The zero-order valence-electron chi connectivity index (χ0n) is 12.0. The van der Waals surface area contributed by atoms with Gasteiger partial charge < -0.3 is 9.64 Å². The average molecular weight is 229 g/mol. The molecule has 98 valence electrons. The summed E-state index contributed by atoms with van der Waals surface area (Å²) in [6.07, 6.45) is 3.80. The van der Waals surface area contributed by atoms with Crippen molar-refractivity contribution in [2.75, 3.05) is 33.4 Å². The van der Waals surface area contributed by atoms with Gasteiger partial charge in [-0.2, -0.15) is 0 Å². The minimum atomic E-state index is 0.746. The van der Waals surface area contributed by atoms with Gasteiger partial charge in [-0.1, -0.05) is 34.1 Å². The lowest BCUT2D eigenvalue weighted by Gasteiger charge is -2.18. The number of likely N-dealkylation sites (N-methyl/N-ethyl adjacent to an activating group) is 1. The molecule has 0 N–H and O–H groups in total. The van der Waals surface area contributed by atoms with E-state index in [0.29, 0.717) is 0 Å². The van der Waals surface area contributed by atoms with Crippen molar-refractivity contribution in [3.05, 3.63) is 0 Å². The van der Waals surface area contributed by atoms with Gasteiger partial charge in [0.05, 0.1) is 6.61 Å². The molecular formula is C14H31NO. The van der Waals surface area contributed by atoms with Crippen molar-refractivity contribution in [3.63, 3.8) is 0 Å². The van der Waals surface area contributed by atoms with Crippen LogP contribution in [0.25, 0.3) is 0 Å². The Hall–Kier alpha value is -0.0800. The molecule has 0 rings (SSSR count). The summed E-state index contributed by atoms with van der Waals surface area (Å²) in [4.78, 5) is 2.35. The van der Waals surface area contributed by atoms with Gasteiger partial charge in [0.25, 0.3) is 0 Å². The van der Waals surface area contributed by atoms with Gasteiger partial charge in [0.2, 0.25) is 0 Å². The third-order valence-electron chi connectivity index (χ3n) is 2.98. The number of hydrogen-bond donors (Lipinski definition) is 0. The van der Waals surface area contributed by atoms with Crippen LogP contribution in [-0.2, 0) is 4.74 Å². The topological polar surface area (TPSA) is 12.5 Å². The van der Waals surface area contributed by atoms with Crippen LogP contribution >= 0.6 is 0 Å².